The van der Waals surface area contributed by atoms with Crippen LogP contribution in [-0.2, 0) is 22.7 Å². The van der Waals surface area contributed by atoms with Crippen LogP contribution in [-0.4, -0.2) is 50.3 Å². The Labute approximate surface area is 152 Å². The second kappa shape index (κ2) is 7.63. The Kier molecular flexibility index (Phi) is 5.29. The lowest BCUT2D eigenvalue weighted by molar-refractivity contribution is -0.135. The average Bonchev–Trinajstić information content (AvgIpc) is 3.22. The number of amides is 2. The SMILES string of the molecule is CC(C)c1nc(CN(C)C(=O)[C@H]2CC(=O)N(Cc3cccnc3)C2)no1. The summed E-state index contributed by atoms with van der Waals surface area (Å²) in [4.78, 5) is 36.5. The number of nitrogens with zero attached hydrogens (tertiary/aromatic N) is 5. The van der Waals surface area contributed by atoms with E-state index >= 15 is 0 Å². The highest BCUT2D eigenvalue weighted by atomic mass is 16.5. The predicted octanol–water partition coefficient (Wildman–Crippen LogP) is 1.60. The van der Waals surface area contributed by atoms with Crippen molar-refractivity contribution in [3.05, 3.63) is 41.8 Å². The van der Waals surface area contributed by atoms with Gasteiger partial charge in [0.2, 0.25) is 17.7 Å². The summed E-state index contributed by atoms with van der Waals surface area (Å²) in [6.07, 6.45) is 3.66. The second-order valence-electron chi connectivity index (χ2n) is 6.93. The van der Waals surface area contributed by atoms with Gasteiger partial charge in [-0.15, -0.1) is 0 Å². The Balaban J connectivity index is 1.58. The monoisotopic (exact) mass is 357 g/mol. The Morgan fingerprint density at radius 2 is 2.27 bits per heavy atom. The summed E-state index contributed by atoms with van der Waals surface area (Å²) in [5.41, 5.74) is 0.954. The first kappa shape index (κ1) is 18.0. The van der Waals surface area contributed by atoms with E-state index in [9.17, 15) is 9.59 Å². The highest BCUT2D eigenvalue weighted by Gasteiger charge is 2.36. The van der Waals surface area contributed by atoms with E-state index in [-0.39, 0.29) is 36.6 Å². The third-order valence-electron chi connectivity index (χ3n) is 4.39. The van der Waals surface area contributed by atoms with Crippen molar-refractivity contribution in [1.82, 2.24) is 24.9 Å². The van der Waals surface area contributed by atoms with E-state index in [0.717, 1.165) is 5.56 Å². The highest BCUT2D eigenvalue weighted by molar-refractivity contribution is 5.89. The topological polar surface area (TPSA) is 92.4 Å². The molecule has 2 aromatic heterocycles. The molecule has 0 aliphatic carbocycles. The molecule has 138 valence electrons. The van der Waals surface area contributed by atoms with Gasteiger partial charge in [0, 0.05) is 44.9 Å². The van der Waals surface area contributed by atoms with Gasteiger partial charge in [-0.05, 0) is 11.6 Å². The minimum atomic E-state index is -0.347. The molecule has 8 nitrogen and oxygen atoms in total. The number of carbonyl (C=O) groups is 2. The van der Waals surface area contributed by atoms with Gasteiger partial charge in [0.25, 0.3) is 0 Å². The van der Waals surface area contributed by atoms with Crippen molar-refractivity contribution in [3.63, 3.8) is 0 Å². The summed E-state index contributed by atoms with van der Waals surface area (Å²) in [6, 6.07) is 3.76. The maximum absolute atomic E-state index is 12.7. The molecule has 8 heteroatoms. The van der Waals surface area contributed by atoms with Gasteiger partial charge >= 0.3 is 0 Å². The van der Waals surface area contributed by atoms with E-state index in [0.29, 0.717) is 24.8 Å². The molecule has 1 fully saturated rings. The lowest BCUT2D eigenvalue weighted by Crippen LogP contribution is -2.34. The van der Waals surface area contributed by atoms with Crippen LogP contribution >= 0.6 is 0 Å². The molecule has 1 aliphatic rings. The van der Waals surface area contributed by atoms with E-state index in [1.54, 1.807) is 29.2 Å². The number of hydrogen-bond donors (Lipinski definition) is 0. The number of hydrogen-bond acceptors (Lipinski definition) is 6. The summed E-state index contributed by atoms with van der Waals surface area (Å²) in [6.45, 7) is 5.09. The predicted molar refractivity (Wildman–Crippen MR) is 92.6 cm³/mol. The van der Waals surface area contributed by atoms with Crippen LogP contribution in [0.4, 0.5) is 0 Å². The number of likely N-dealkylation sites (tertiary alicyclic amines) is 1. The fraction of sp³-hybridized carbons (Fsp3) is 0.500. The first-order valence-electron chi connectivity index (χ1n) is 8.68. The van der Waals surface area contributed by atoms with Crippen LogP contribution in [0, 0.1) is 5.92 Å². The molecule has 0 aromatic carbocycles. The maximum Gasteiger partial charge on any atom is 0.229 e. The van der Waals surface area contributed by atoms with Gasteiger partial charge in [-0.2, -0.15) is 4.98 Å². The van der Waals surface area contributed by atoms with Gasteiger partial charge in [0.1, 0.15) is 0 Å². The van der Waals surface area contributed by atoms with Crippen LogP contribution in [0.1, 0.15) is 43.5 Å². The summed E-state index contributed by atoms with van der Waals surface area (Å²) in [7, 11) is 1.70. The fourth-order valence-corrected chi connectivity index (χ4v) is 2.97. The smallest absolute Gasteiger partial charge is 0.229 e. The van der Waals surface area contributed by atoms with Gasteiger partial charge in [0.15, 0.2) is 5.82 Å². The second-order valence-corrected chi connectivity index (χ2v) is 6.93. The van der Waals surface area contributed by atoms with E-state index < -0.39 is 0 Å². The van der Waals surface area contributed by atoms with E-state index in [1.165, 1.54) is 0 Å². The molecule has 3 rings (SSSR count). The zero-order valence-electron chi connectivity index (χ0n) is 15.3. The lowest BCUT2D eigenvalue weighted by atomic mass is 10.1. The summed E-state index contributed by atoms with van der Waals surface area (Å²) < 4.78 is 5.17. The summed E-state index contributed by atoms with van der Waals surface area (Å²) in [5, 5.41) is 3.91. The largest absolute Gasteiger partial charge is 0.339 e. The molecule has 1 atom stereocenters. The molecule has 0 N–H and O–H groups in total. The van der Waals surface area contributed by atoms with Crippen LogP contribution < -0.4 is 0 Å². The van der Waals surface area contributed by atoms with Gasteiger partial charge in [-0.1, -0.05) is 25.1 Å². The van der Waals surface area contributed by atoms with E-state index in [4.69, 9.17) is 4.52 Å². The van der Waals surface area contributed by atoms with Crippen molar-refractivity contribution in [2.24, 2.45) is 5.92 Å². The molecule has 1 saturated heterocycles. The van der Waals surface area contributed by atoms with Crippen molar-refractivity contribution in [3.8, 4) is 0 Å². The molecule has 0 radical (unpaired) electrons. The Morgan fingerprint density at radius 3 is 2.92 bits per heavy atom. The number of pyridine rings is 1. The third kappa shape index (κ3) is 4.07. The van der Waals surface area contributed by atoms with Crippen molar-refractivity contribution in [2.45, 2.75) is 39.3 Å². The van der Waals surface area contributed by atoms with Crippen LogP contribution in [0.3, 0.4) is 0 Å². The molecule has 0 spiro atoms. The van der Waals surface area contributed by atoms with Gasteiger partial charge in [-0.3, -0.25) is 14.6 Å². The third-order valence-corrected chi connectivity index (χ3v) is 4.39. The summed E-state index contributed by atoms with van der Waals surface area (Å²) >= 11 is 0. The van der Waals surface area contributed by atoms with Crippen LogP contribution in [0.15, 0.2) is 29.0 Å². The first-order chi connectivity index (χ1) is 12.4. The normalized spacial score (nSPS) is 17.2. The van der Waals surface area contributed by atoms with Gasteiger partial charge in [0.05, 0.1) is 12.5 Å². The number of rotatable bonds is 6. The molecule has 0 unspecified atom stereocenters. The highest BCUT2D eigenvalue weighted by Crippen LogP contribution is 2.22. The zero-order chi connectivity index (χ0) is 18.7. The van der Waals surface area contributed by atoms with Gasteiger partial charge in [-0.25, -0.2) is 0 Å². The minimum Gasteiger partial charge on any atom is -0.339 e. The van der Waals surface area contributed by atoms with Crippen LogP contribution in [0.5, 0.6) is 0 Å². The first-order valence-corrected chi connectivity index (χ1v) is 8.68. The molecule has 2 amide bonds. The van der Waals surface area contributed by atoms with E-state index in [2.05, 4.69) is 15.1 Å². The van der Waals surface area contributed by atoms with Crippen molar-refractivity contribution in [1.29, 1.82) is 0 Å². The quantitative estimate of drug-likeness (QED) is 0.780. The molecule has 3 heterocycles. The average molecular weight is 357 g/mol. The minimum absolute atomic E-state index is 0.0118. The molecule has 2 aromatic rings. The Bertz CT molecular complexity index is 774. The number of aromatic nitrogens is 3. The van der Waals surface area contributed by atoms with Crippen molar-refractivity contribution < 1.29 is 14.1 Å². The molecular formula is C18H23N5O3. The number of carbonyl (C=O) groups excluding carboxylic acids is 2. The lowest BCUT2D eigenvalue weighted by Gasteiger charge is -2.20. The molecule has 0 bridgehead atoms. The van der Waals surface area contributed by atoms with Crippen LogP contribution in [0.2, 0.25) is 0 Å². The Morgan fingerprint density at radius 1 is 1.46 bits per heavy atom. The maximum atomic E-state index is 12.7. The molecule has 26 heavy (non-hydrogen) atoms. The van der Waals surface area contributed by atoms with Crippen molar-refractivity contribution in [2.75, 3.05) is 13.6 Å². The molecular weight excluding hydrogens is 334 g/mol. The van der Waals surface area contributed by atoms with Gasteiger partial charge < -0.3 is 14.3 Å². The molecule has 0 saturated carbocycles. The van der Waals surface area contributed by atoms with E-state index in [1.807, 2.05) is 26.0 Å². The molecule has 1 aliphatic heterocycles. The standard InChI is InChI=1S/C18H23N5O3/c1-12(2)17-20-15(21-26-17)11-22(3)18(25)14-7-16(24)23(10-14)9-13-5-4-6-19-8-13/h4-6,8,12,14H,7,9-11H2,1-3H3/t14-/m0/s1. The summed E-state index contributed by atoms with van der Waals surface area (Å²) in [5.74, 6) is 0.734. The van der Waals surface area contributed by atoms with Crippen molar-refractivity contribution >= 4 is 11.8 Å². The zero-order valence-corrected chi connectivity index (χ0v) is 15.3. The van der Waals surface area contributed by atoms with Crippen LogP contribution in [0.25, 0.3) is 0 Å². The fourth-order valence-electron chi connectivity index (χ4n) is 2.97. The Hall–Kier alpha value is -2.77.